The predicted octanol–water partition coefficient (Wildman–Crippen LogP) is -0.0212. The molecule has 2 amide bonds. The number of carbonyl (C=O) groups is 2. The number of fused-ring (bicyclic) bond motifs is 1. The second kappa shape index (κ2) is 5.73. The van der Waals surface area contributed by atoms with Gasteiger partial charge in [0, 0.05) is 45.0 Å². The van der Waals surface area contributed by atoms with E-state index in [1.807, 2.05) is 6.92 Å². The molecule has 2 aliphatic rings. The number of rotatable bonds is 3. The number of likely N-dealkylation sites (N-methyl/N-ethyl adjacent to an activating group) is 1. The van der Waals surface area contributed by atoms with E-state index in [2.05, 4.69) is 15.3 Å². The minimum Gasteiger partial charge on any atom is -0.335 e. The summed E-state index contributed by atoms with van der Waals surface area (Å²) < 4.78 is 0. The average molecular weight is 308 g/mol. The second-order valence-corrected chi connectivity index (χ2v) is 6.77. The normalized spacial score (nSPS) is 23.6. The van der Waals surface area contributed by atoms with Crippen LogP contribution in [0.4, 0.5) is 0 Å². The number of thiazole rings is 1. The lowest BCUT2D eigenvalue weighted by Gasteiger charge is -2.45. The summed E-state index contributed by atoms with van der Waals surface area (Å²) in [7, 11) is 1.70. The number of aryl methyl sites for hydroxylation is 1. The van der Waals surface area contributed by atoms with Gasteiger partial charge in [0.15, 0.2) is 0 Å². The van der Waals surface area contributed by atoms with E-state index in [4.69, 9.17) is 0 Å². The van der Waals surface area contributed by atoms with E-state index < -0.39 is 0 Å². The summed E-state index contributed by atoms with van der Waals surface area (Å²) in [5.41, 5.74) is 1.11. The smallest absolute Gasteiger partial charge is 0.246 e. The lowest BCUT2D eigenvalue weighted by molar-refractivity contribution is -0.158. The fourth-order valence-electron chi connectivity index (χ4n) is 2.97. The molecule has 0 bridgehead atoms. The molecule has 21 heavy (non-hydrogen) atoms. The Morgan fingerprint density at radius 3 is 2.90 bits per heavy atom. The maximum atomic E-state index is 12.2. The summed E-state index contributed by atoms with van der Waals surface area (Å²) in [6, 6.07) is -0.304. The van der Waals surface area contributed by atoms with Crippen molar-refractivity contribution in [1.82, 2.24) is 19.7 Å². The Morgan fingerprint density at radius 1 is 1.38 bits per heavy atom. The molecule has 7 heteroatoms. The molecule has 0 spiro atoms. The van der Waals surface area contributed by atoms with E-state index >= 15 is 0 Å². The van der Waals surface area contributed by atoms with Gasteiger partial charge in [-0.15, -0.1) is 11.3 Å². The summed E-state index contributed by atoms with van der Waals surface area (Å²) >= 11 is 1.67. The van der Waals surface area contributed by atoms with Crippen molar-refractivity contribution >= 4 is 23.2 Å². The van der Waals surface area contributed by atoms with Crippen molar-refractivity contribution in [2.24, 2.45) is 0 Å². The molecule has 0 radical (unpaired) electrons. The predicted molar refractivity (Wildman–Crippen MR) is 80.1 cm³/mol. The van der Waals surface area contributed by atoms with E-state index in [0.717, 1.165) is 30.2 Å². The van der Waals surface area contributed by atoms with Crippen molar-refractivity contribution in [1.29, 1.82) is 0 Å². The third-order valence-electron chi connectivity index (χ3n) is 4.17. The Labute approximate surface area is 128 Å². The van der Waals surface area contributed by atoms with Gasteiger partial charge in [0.1, 0.15) is 6.04 Å². The SMILES string of the molecule is Cc1nc(CCN2CCN3C(=O)CN(C)C(=O)[C@H]3C2)cs1. The molecule has 0 N–H and O–H groups in total. The van der Waals surface area contributed by atoms with Gasteiger partial charge in [0.2, 0.25) is 11.8 Å². The van der Waals surface area contributed by atoms with Crippen LogP contribution in [0, 0.1) is 6.92 Å². The minimum absolute atomic E-state index is 0.0591. The fraction of sp³-hybridized carbons (Fsp3) is 0.643. The average Bonchev–Trinajstić information content (AvgIpc) is 2.88. The molecular formula is C14H20N4O2S. The van der Waals surface area contributed by atoms with Crippen molar-refractivity contribution in [3.63, 3.8) is 0 Å². The Kier molecular flexibility index (Phi) is 3.95. The number of amides is 2. The molecular weight excluding hydrogens is 288 g/mol. The third-order valence-corrected chi connectivity index (χ3v) is 4.99. The lowest BCUT2D eigenvalue weighted by Crippen LogP contribution is -2.66. The summed E-state index contributed by atoms with van der Waals surface area (Å²) in [6.45, 7) is 5.24. The Hall–Kier alpha value is -1.47. The van der Waals surface area contributed by atoms with Crippen LogP contribution in [0.15, 0.2) is 5.38 Å². The standard InChI is InChI=1S/C14H20N4O2S/c1-10-15-11(9-21-10)3-4-17-5-6-18-12(7-17)14(20)16(2)8-13(18)19/h9,12H,3-8H2,1-2H3/t12-/m1/s1. The summed E-state index contributed by atoms with van der Waals surface area (Å²) in [6.07, 6.45) is 0.898. The Morgan fingerprint density at radius 2 is 2.19 bits per heavy atom. The molecule has 114 valence electrons. The monoisotopic (exact) mass is 308 g/mol. The van der Waals surface area contributed by atoms with E-state index in [1.165, 1.54) is 4.90 Å². The van der Waals surface area contributed by atoms with Crippen molar-refractivity contribution in [3.8, 4) is 0 Å². The second-order valence-electron chi connectivity index (χ2n) is 5.71. The van der Waals surface area contributed by atoms with Crippen molar-refractivity contribution in [3.05, 3.63) is 16.1 Å². The number of hydrogen-bond donors (Lipinski definition) is 0. The molecule has 0 aromatic carbocycles. The van der Waals surface area contributed by atoms with Crippen LogP contribution in [0.25, 0.3) is 0 Å². The molecule has 3 rings (SSSR count). The largest absolute Gasteiger partial charge is 0.335 e. The van der Waals surface area contributed by atoms with Crippen molar-refractivity contribution in [2.45, 2.75) is 19.4 Å². The Balaban J connectivity index is 1.60. The topological polar surface area (TPSA) is 56.8 Å². The number of nitrogens with zero attached hydrogens (tertiary/aromatic N) is 4. The molecule has 1 aromatic rings. The van der Waals surface area contributed by atoms with Crippen molar-refractivity contribution < 1.29 is 9.59 Å². The van der Waals surface area contributed by atoms with Crippen LogP contribution >= 0.6 is 11.3 Å². The molecule has 6 nitrogen and oxygen atoms in total. The van der Waals surface area contributed by atoms with Gasteiger partial charge in [0.05, 0.1) is 17.2 Å². The molecule has 3 heterocycles. The van der Waals surface area contributed by atoms with Crippen LogP contribution in [-0.2, 0) is 16.0 Å². The van der Waals surface area contributed by atoms with Crippen LogP contribution in [0.1, 0.15) is 10.7 Å². The van der Waals surface area contributed by atoms with Gasteiger partial charge in [-0.05, 0) is 6.92 Å². The van der Waals surface area contributed by atoms with Crippen molar-refractivity contribution in [2.75, 3.05) is 39.8 Å². The summed E-state index contributed by atoms with van der Waals surface area (Å²) in [4.78, 5) is 34.2. The molecule has 0 unspecified atom stereocenters. The van der Waals surface area contributed by atoms with Crippen LogP contribution < -0.4 is 0 Å². The fourth-order valence-corrected chi connectivity index (χ4v) is 3.62. The van der Waals surface area contributed by atoms with Gasteiger partial charge in [0.25, 0.3) is 0 Å². The highest BCUT2D eigenvalue weighted by atomic mass is 32.1. The van der Waals surface area contributed by atoms with Gasteiger partial charge in [-0.2, -0.15) is 0 Å². The maximum absolute atomic E-state index is 12.2. The van der Waals surface area contributed by atoms with E-state index in [-0.39, 0.29) is 24.4 Å². The van der Waals surface area contributed by atoms with E-state index in [0.29, 0.717) is 13.1 Å². The first kappa shape index (κ1) is 14.5. The zero-order valence-corrected chi connectivity index (χ0v) is 13.2. The van der Waals surface area contributed by atoms with Crippen LogP contribution in [0.3, 0.4) is 0 Å². The van der Waals surface area contributed by atoms with Gasteiger partial charge < -0.3 is 9.80 Å². The molecule has 2 aliphatic heterocycles. The van der Waals surface area contributed by atoms with Crippen LogP contribution in [-0.4, -0.2) is 77.3 Å². The number of piperazine rings is 2. The van der Waals surface area contributed by atoms with Gasteiger partial charge in [-0.3, -0.25) is 14.5 Å². The lowest BCUT2D eigenvalue weighted by atomic mass is 10.1. The molecule has 0 saturated carbocycles. The van der Waals surface area contributed by atoms with Crippen LogP contribution in [0.5, 0.6) is 0 Å². The van der Waals surface area contributed by atoms with Gasteiger partial charge in [-0.25, -0.2) is 4.98 Å². The minimum atomic E-state index is -0.304. The molecule has 2 fully saturated rings. The summed E-state index contributed by atoms with van der Waals surface area (Å²) in [5.74, 6) is 0.126. The maximum Gasteiger partial charge on any atom is 0.246 e. The highest BCUT2D eigenvalue weighted by Gasteiger charge is 2.40. The first-order valence-corrected chi connectivity index (χ1v) is 8.10. The van der Waals surface area contributed by atoms with Crippen LogP contribution in [0.2, 0.25) is 0 Å². The zero-order valence-electron chi connectivity index (χ0n) is 12.4. The zero-order chi connectivity index (χ0) is 15.0. The quantitative estimate of drug-likeness (QED) is 0.787. The van der Waals surface area contributed by atoms with Gasteiger partial charge >= 0.3 is 0 Å². The molecule has 1 atom stereocenters. The molecule has 1 aromatic heterocycles. The number of carbonyl (C=O) groups excluding carboxylic acids is 2. The van der Waals surface area contributed by atoms with E-state index in [1.54, 1.807) is 23.3 Å². The molecule has 0 aliphatic carbocycles. The van der Waals surface area contributed by atoms with E-state index in [9.17, 15) is 9.59 Å². The molecule has 2 saturated heterocycles. The highest BCUT2D eigenvalue weighted by molar-refractivity contribution is 7.09. The Bertz CT molecular complexity index is 559. The first-order valence-electron chi connectivity index (χ1n) is 7.22. The first-order chi connectivity index (χ1) is 10.0. The third kappa shape index (κ3) is 2.94. The highest BCUT2D eigenvalue weighted by Crippen LogP contribution is 2.17. The number of aromatic nitrogens is 1. The summed E-state index contributed by atoms with van der Waals surface area (Å²) in [5, 5.41) is 3.18. The number of hydrogen-bond acceptors (Lipinski definition) is 5. The van der Waals surface area contributed by atoms with Gasteiger partial charge in [-0.1, -0.05) is 0 Å².